The monoisotopic (exact) mass is 338 g/mol. The van der Waals surface area contributed by atoms with E-state index in [1.807, 2.05) is 19.9 Å². The van der Waals surface area contributed by atoms with Gasteiger partial charge in [0.25, 0.3) is 11.5 Å². The number of nitrogens with one attached hydrogen (secondary N) is 1. The van der Waals surface area contributed by atoms with Crippen LogP contribution in [0.25, 0.3) is 0 Å². The molecule has 2 aromatic heterocycles. The maximum atomic E-state index is 12.8. The number of rotatable bonds is 2. The highest BCUT2D eigenvalue weighted by atomic mass is 16.2. The van der Waals surface area contributed by atoms with Gasteiger partial charge in [-0.15, -0.1) is 0 Å². The van der Waals surface area contributed by atoms with Crippen LogP contribution in [0, 0.1) is 13.8 Å². The fourth-order valence-corrected chi connectivity index (χ4v) is 3.93. The molecule has 6 nitrogen and oxygen atoms in total. The van der Waals surface area contributed by atoms with Crippen molar-refractivity contribution < 1.29 is 4.79 Å². The van der Waals surface area contributed by atoms with Gasteiger partial charge < -0.3 is 9.88 Å². The highest BCUT2D eigenvalue weighted by molar-refractivity contribution is 5.94. The zero-order valence-corrected chi connectivity index (χ0v) is 14.6. The summed E-state index contributed by atoms with van der Waals surface area (Å²) < 4.78 is 0. The molecule has 1 amide bonds. The van der Waals surface area contributed by atoms with Gasteiger partial charge in [0.05, 0.1) is 0 Å². The van der Waals surface area contributed by atoms with E-state index in [9.17, 15) is 9.59 Å². The number of aromatic nitrogens is 3. The standard InChI is InChI=1S/C19H22N4O2/c1-11-8-12(2)21-17(20-11)14-6-7-23(10-14)19(25)15-9-13-4-3-5-16(13)22-18(15)24/h8-9,14H,3-7,10H2,1-2H3,(H,22,24)/t14-/m1/s1. The first-order chi connectivity index (χ1) is 12.0. The zero-order valence-electron chi connectivity index (χ0n) is 14.6. The normalized spacial score (nSPS) is 19.3. The van der Waals surface area contributed by atoms with Crippen molar-refractivity contribution >= 4 is 5.91 Å². The van der Waals surface area contributed by atoms with Gasteiger partial charge >= 0.3 is 0 Å². The van der Waals surface area contributed by atoms with Crippen molar-refractivity contribution in [2.45, 2.75) is 45.4 Å². The minimum Gasteiger partial charge on any atom is -0.338 e. The molecule has 1 atom stereocenters. The Hall–Kier alpha value is -2.50. The molecule has 0 unspecified atom stereocenters. The molecular formula is C19H22N4O2. The Kier molecular flexibility index (Phi) is 3.90. The second-order valence-corrected chi connectivity index (χ2v) is 7.12. The van der Waals surface area contributed by atoms with E-state index < -0.39 is 0 Å². The number of H-pyrrole nitrogens is 1. The predicted octanol–water partition coefficient (Wildman–Crippen LogP) is 1.90. The van der Waals surface area contributed by atoms with Crippen LogP contribution < -0.4 is 5.56 Å². The molecule has 0 spiro atoms. The largest absolute Gasteiger partial charge is 0.338 e. The fraction of sp³-hybridized carbons (Fsp3) is 0.474. The molecule has 130 valence electrons. The van der Waals surface area contributed by atoms with E-state index in [-0.39, 0.29) is 22.9 Å². The molecular weight excluding hydrogens is 316 g/mol. The van der Waals surface area contributed by atoms with Gasteiger partial charge in [-0.05, 0) is 57.2 Å². The SMILES string of the molecule is Cc1cc(C)nc([C@@H]2CCN(C(=O)c3cc4c([nH]c3=O)CCC4)C2)n1. The van der Waals surface area contributed by atoms with E-state index in [0.717, 1.165) is 54.2 Å². The van der Waals surface area contributed by atoms with Gasteiger partial charge in [-0.1, -0.05) is 0 Å². The molecule has 1 fully saturated rings. The van der Waals surface area contributed by atoms with Crippen molar-refractivity contribution in [1.82, 2.24) is 19.9 Å². The lowest BCUT2D eigenvalue weighted by molar-refractivity contribution is 0.0788. The van der Waals surface area contributed by atoms with Crippen LogP contribution in [0.3, 0.4) is 0 Å². The number of likely N-dealkylation sites (tertiary alicyclic amines) is 1. The summed E-state index contributed by atoms with van der Waals surface area (Å²) in [6.45, 7) is 5.12. The maximum absolute atomic E-state index is 12.8. The third kappa shape index (κ3) is 2.97. The van der Waals surface area contributed by atoms with Crippen LogP contribution in [0.2, 0.25) is 0 Å². The van der Waals surface area contributed by atoms with Crippen molar-refractivity contribution in [2.75, 3.05) is 13.1 Å². The number of carbonyl (C=O) groups is 1. The fourth-order valence-electron chi connectivity index (χ4n) is 3.93. The number of nitrogens with zero attached hydrogens (tertiary/aromatic N) is 3. The van der Waals surface area contributed by atoms with E-state index in [2.05, 4.69) is 15.0 Å². The Morgan fingerprint density at radius 3 is 2.72 bits per heavy atom. The minimum absolute atomic E-state index is 0.135. The average Bonchev–Trinajstić information content (AvgIpc) is 3.21. The van der Waals surface area contributed by atoms with Crippen LogP contribution in [-0.4, -0.2) is 38.8 Å². The molecule has 6 heteroatoms. The number of aryl methyl sites for hydroxylation is 4. The molecule has 2 aliphatic rings. The topological polar surface area (TPSA) is 79.0 Å². The quantitative estimate of drug-likeness (QED) is 0.907. The number of hydrogen-bond acceptors (Lipinski definition) is 4. The van der Waals surface area contributed by atoms with Crippen molar-refractivity contribution in [3.63, 3.8) is 0 Å². The average molecular weight is 338 g/mol. The molecule has 0 radical (unpaired) electrons. The summed E-state index contributed by atoms with van der Waals surface area (Å²) in [5, 5.41) is 0. The van der Waals surface area contributed by atoms with E-state index in [1.165, 1.54) is 0 Å². The van der Waals surface area contributed by atoms with E-state index >= 15 is 0 Å². The van der Waals surface area contributed by atoms with E-state index in [1.54, 1.807) is 11.0 Å². The van der Waals surface area contributed by atoms with Crippen molar-refractivity contribution in [3.05, 3.63) is 56.5 Å². The number of pyridine rings is 1. The second-order valence-electron chi connectivity index (χ2n) is 7.12. The van der Waals surface area contributed by atoms with Crippen LogP contribution in [0.5, 0.6) is 0 Å². The zero-order chi connectivity index (χ0) is 17.6. The number of aromatic amines is 1. The first-order valence-electron chi connectivity index (χ1n) is 8.88. The van der Waals surface area contributed by atoms with Crippen LogP contribution in [0.15, 0.2) is 16.9 Å². The van der Waals surface area contributed by atoms with Gasteiger partial charge in [0.15, 0.2) is 0 Å². The summed E-state index contributed by atoms with van der Waals surface area (Å²) >= 11 is 0. The van der Waals surface area contributed by atoms with Gasteiger partial charge in [0.2, 0.25) is 0 Å². The van der Waals surface area contributed by atoms with Gasteiger partial charge in [-0.25, -0.2) is 9.97 Å². The maximum Gasteiger partial charge on any atom is 0.261 e. The summed E-state index contributed by atoms with van der Waals surface area (Å²) in [7, 11) is 0. The minimum atomic E-state index is -0.267. The Labute approximate surface area is 146 Å². The third-order valence-electron chi connectivity index (χ3n) is 5.16. The van der Waals surface area contributed by atoms with Crippen molar-refractivity contribution in [2.24, 2.45) is 0 Å². The molecule has 1 N–H and O–H groups in total. The molecule has 0 aromatic carbocycles. The lowest BCUT2D eigenvalue weighted by Crippen LogP contribution is -2.33. The van der Waals surface area contributed by atoms with Crippen LogP contribution >= 0.6 is 0 Å². The highest BCUT2D eigenvalue weighted by Gasteiger charge is 2.31. The van der Waals surface area contributed by atoms with Gasteiger partial charge in [-0.2, -0.15) is 0 Å². The Morgan fingerprint density at radius 2 is 1.96 bits per heavy atom. The molecule has 25 heavy (non-hydrogen) atoms. The molecule has 3 heterocycles. The first kappa shape index (κ1) is 16.0. The predicted molar refractivity (Wildman–Crippen MR) is 93.9 cm³/mol. The Morgan fingerprint density at radius 1 is 1.20 bits per heavy atom. The molecule has 1 aliphatic heterocycles. The Bertz CT molecular complexity index is 883. The number of amides is 1. The van der Waals surface area contributed by atoms with Crippen LogP contribution in [0.1, 0.15) is 57.6 Å². The molecule has 1 aliphatic carbocycles. The number of fused-ring (bicyclic) bond motifs is 1. The molecule has 0 saturated carbocycles. The molecule has 1 saturated heterocycles. The molecule has 4 rings (SSSR count). The summed E-state index contributed by atoms with van der Waals surface area (Å²) in [4.78, 5) is 38.8. The summed E-state index contributed by atoms with van der Waals surface area (Å²) in [6, 6.07) is 3.75. The number of carbonyl (C=O) groups excluding carboxylic acids is 1. The number of hydrogen-bond donors (Lipinski definition) is 1. The Balaban J connectivity index is 1.56. The molecule has 2 aromatic rings. The summed E-state index contributed by atoms with van der Waals surface area (Å²) in [5.74, 6) is 0.759. The van der Waals surface area contributed by atoms with Gasteiger partial charge in [0.1, 0.15) is 11.4 Å². The van der Waals surface area contributed by atoms with Gasteiger partial charge in [-0.3, -0.25) is 9.59 Å². The smallest absolute Gasteiger partial charge is 0.261 e. The lowest BCUT2D eigenvalue weighted by Gasteiger charge is -2.16. The third-order valence-corrected chi connectivity index (χ3v) is 5.16. The highest BCUT2D eigenvalue weighted by Crippen LogP contribution is 2.26. The van der Waals surface area contributed by atoms with E-state index in [4.69, 9.17) is 0 Å². The molecule has 0 bridgehead atoms. The van der Waals surface area contributed by atoms with Crippen molar-refractivity contribution in [1.29, 1.82) is 0 Å². The summed E-state index contributed by atoms with van der Waals surface area (Å²) in [5.41, 5.74) is 3.99. The van der Waals surface area contributed by atoms with E-state index in [0.29, 0.717) is 13.1 Å². The van der Waals surface area contributed by atoms with Crippen molar-refractivity contribution in [3.8, 4) is 0 Å². The van der Waals surface area contributed by atoms with Crippen LogP contribution in [-0.2, 0) is 12.8 Å². The second kappa shape index (κ2) is 6.10. The summed E-state index contributed by atoms with van der Waals surface area (Å²) in [6.07, 6.45) is 3.70. The first-order valence-corrected chi connectivity index (χ1v) is 8.88. The lowest BCUT2D eigenvalue weighted by atomic mass is 10.1. The van der Waals surface area contributed by atoms with Crippen LogP contribution in [0.4, 0.5) is 0 Å². The van der Waals surface area contributed by atoms with Gasteiger partial charge in [0, 0.05) is 36.1 Å².